The maximum Gasteiger partial charge on any atom is 0.323 e. The van der Waals surface area contributed by atoms with Crippen LogP contribution in [0.15, 0.2) is 12.4 Å². The highest BCUT2D eigenvalue weighted by atomic mass is 16.4. The first-order chi connectivity index (χ1) is 6.93. The summed E-state index contributed by atoms with van der Waals surface area (Å²) in [6, 6.07) is 0. The molecule has 0 saturated heterocycles. The van der Waals surface area contributed by atoms with Gasteiger partial charge in [0.15, 0.2) is 0 Å². The minimum absolute atomic E-state index is 0.458. The Morgan fingerprint density at radius 1 is 1.73 bits per heavy atom. The number of carboxylic acid groups (broad SMARTS) is 1. The topological polar surface area (TPSA) is 81.1 Å². The average molecular weight is 211 g/mol. The largest absolute Gasteiger partial charge is 0.480 e. The molecule has 1 aromatic rings. The number of nitrogens with two attached hydrogens (primary N) is 1. The molecule has 84 valence electrons. The molecular weight excluding hydrogens is 194 g/mol. The van der Waals surface area contributed by atoms with Crippen molar-refractivity contribution in [2.24, 2.45) is 5.73 Å². The van der Waals surface area contributed by atoms with Crippen molar-refractivity contribution in [3.05, 3.63) is 18.2 Å². The Morgan fingerprint density at radius 2 is 2.40 bits per heavy atom. The molecule has 15 heavy (non-hydrogen) atoms. The summed E-state index contributed by atoms with van der Waals surface area (Å²) in [4.78, 5) is 14.8. The summed E-state index contributed by atoms with van der Waals surface area (Å²) in [6.07, 6.45) is 4.80. The van der Waals surface area contributed by atoms with Gasteiger partial charge in [-0.15, -0.1) is 0 Å². The molecule has 5 heteroatoms. The molecule has 0 bridgehead atoms. The Kier molecular flexibility index (Phi) is 3.47. The highest BCUT2D eigenvalue weighted by Gasteiger charge is 2.26. The maximum absolute atomic E-state index is 10.7. The molecule has 0 spiro atoms. The fourth-order valence-corrected chi connectivity index (χ4v) is 1.36. The predicted molar refractivity (Wildman–Crippen MR) is 56.4 cm³/mol. The van der Waals surface area contributed by atoms with Crippen LogP contribution in [0.25, 0.3) is 0 Å². The lowest BCUT2D eigenvalue weighted by atomic mass is 9.97. The van der Waals surface area contributed by atoms with Gasteiger partial charge in [0.1, 0.15) is 11.4 Å². The number of imidazole rings is 1. The molecule has 5 nitrogen and oxygen atoms in total. The van der Waals surface area contributed by atoms with Gasteiger partial charge in [0.25, 0.3) is 0 Å². The Bertz CT molecular complexity index is 344. The number of nitrogens with zero attached hydrogens (tertiary/aromatic N) is 2. The van der Waals surface area contributed by atoms with E-state index >= 15 is 0 Å². The zero-order valence-electron chi connectivity index (χ0n) is 9.10. The summed E-state index contributed by atoms with van der Waals surface area (Å²) in [5, 5.41) is 8.81. The van der Waals surface area contributed by atoms with E-state index in [1.807, 2.05) is 17.7 Å². The van der Waals surface area contributed by atoms with E-state index in [2.05, 4.69) is 4.98 Å². The van der Waals surface area contributed by atoms with Gasteiger partial charge in [0.05, 0.1) is 0 Å². The first-order valence-corrected chi connectivity index (χ1v) is 4.93. The number of aromatic nitrogens is 2. The second kappa shape index (κ2) is 4.44. The van der Waals surface area contributed by atoms with Crippen LogP contribution >= 0.6 is 0 Å². The number of rotatable bonds is 5. The minimum atomic E-state index is -1.13. The van der Waals surface area contributed by atoms with Crippen molar-refractivity contribution < 1.29 is 9.90 Å². The van der Waals surface area contributed by atoms with Crippen molar-refractivity contribution in [2.45, 2.75) is 38.8 Å². The molecule has 0 aromatic carbocycles. The molecular formula is C10H17N3O2. The third-order valence-electron chi connectivity index (χ3n) is 2.51. The summed E-state index contributed by atoms with van der Waals surface area (Å²) in [5.74, 6) is -0.0195. The van der Waals surface area contributed by atoms with E-state index in [1.165, 1.54) is 6.92 Å². The van der Waals surface area contributed by atoms with Crippen molar-refractivity contribution in [1.29, 1.82) is 0 Å². The Morgan fingerprint density at radius 3 is 2.87 bits per heavy atom. The average Bonchev–Trinajstić information content (AvgIpc) is 2.51. The molecule has 0 fully saturated rings. The summed E-state index contributed by atoms with van der Waals surface area (Å²) < 4.78 is 1.98. The van der Waals surface area contributed by atoms with E-state index in [0.29, 0.717) is 6.42 Å². The molecule has 1 heterocycles. The van der Waals surface area contributed by atoms with Crippen molar-refractivity contribution in [3.63, 3.8) is 0 Å². The smallest absolute Gasteiger partial charge is 0.323 e. The van der Waals surface area contributed by atoms with E-state index in [0.717, 1.165) is 18.8 Å². The van der Waals surface area contributed by atoms with Crippen LogP contribution in [0.1, 0.15) is 25.6 Å². The normalized spacial score (nSPS) is 14.9. The zero-order chi connectivity index (χ0) is 11.5. The predicted octanol–water partition coefficient (Wildman–Crippen LogP) is 0.774. The molecule has 0 saturated carbocycles. The SMILES string of the molecule is Cc1nccn1CCCC(C)(N)C(=O)O. The van der Waals surface area contributed by atoms with Crippen LogP contribution in [0.4, 0.5) is 0 Å². The van der Waals surface area contributed by atoms with Gasteiger partial charge >= 0.3 is 5.97 Å². The van der Waals surface area contributed by atoms with Crippen molar-refractivity contribution >= 4 is 5.97 Å². The Balaban J connectivity index is 2.40. The van der Waals surface area contributed by atoms with Crippen molar-refractivity contribution in [1.82, 2.24) is 9.55 Å². The van der Waals surface area contributed by atoms with Gasteiger partial charge in [-0.2, -0.15) is 0 Å². The van der Waals surface area contributed by atoms with Crippen molar-refractivity contribution in [3.8, 4) is 0 Å². The number of aliphatic carboxylic acids is 1. The van der Waals surface area contributed by atoms with Gasteiger partial charge < -0.3 is 15.4 Å². The van der Waals surface area contributed by atoms with E-state index in [1.54, 1.807) is 6.20 Å². The monoisotopic (exact) mass is 211 g/mol. The highest BCUT2D eigenvalue weighted by molar-refractivity contribution is 5.77. The molecule has 0 aliphatic carbocycles. The molecule has 0 aliphatic rings. The third kappa shape index (κ3) is 3.06. The number of carbonyl (C=O) groups is 1. The third-order valence-corrected chi connectivity index (χ3v) is 2.51. The minimum Gasteiger partial charge on any atom is -0.480 e. The zero-order valence-corrected chi connectivity index (χ0v) is 9.10. The lowest BCUT2D eigenvalue weighted by molar-refractivity contribution is -0.142. The van der Waals surface area contributed by atoms with E-state index < -0.39 is 11.5 Å². The number of carboxylic acids is 1. The number of hydrogen-bond acceptors (Lipinski definition) is 3. The van der Waals surface area contributed by atoms with Crippen LogP contribution < -0.4 is 5.73 Å². The molecule has 1 atom stereocenters. The second-order valence-electron chi connectivity index (χ2n) is 3.99. The van der Waals surface area contributed by atoms with E-state index in [-0.39, 0.29) is 0 Å². The fraction of sp³-hybridized carbons (Fsp3) is 0.600. The molecule has 0 radical (unpaired) electrons. The van der Waals surface area contributed by atoms with Crippen LogP contribution in [-0.4, -0.2) is 26.2 Å². The molecule has 3 N–H and O–H groups in total. The maximum atomic E-state index is 10.7. The molecule has 0 aliphatic heterocycles. The van der Waals surface area contributed by atoms with Gasteiger partial charge in [-0.3, -0.25) is 4.79 Å². The van der Waals surface area contributed by atoms with Crippen LogP contribution in [-0.2, 0) is 11.3 Å². The summed E-state index contributed by atoms with van der Waals surface area (Å²) in [5.41, 5.74) is 4.48. The van der Waals surface area contributed by atoms with Crippen LogP contribution in [0.3, 0.4) is 0 Å². The summed E-state index contributed by atoms with van der Waals surface area (Å²) in [7, 11) is 0. The first-order valence-electron chi connectivity index (χ1n) is 4.93. The number of hydrogen-bond donors (Lipinski definition) is 2. The highest BCUT2D eigenvalue weighted by Crippen LogP contribution is 2.10. The summed E-state index contributed by atoms with van der Waals surface area (Å²) in [6.45, 7) is 4.21. The van der Waals surface area contributed by atoms with Crippen LogP contribution in [0.2, 0.25) is 0 Å². The lowest BCUT2D eigenvalue weighted by Gasteiger charge is -2.18. The Labute approximate surface area is 88.9 Å². The molecule has 1 aromatic heterocycles. The van der Waals surface area contributed by atoms with Gasteiger partial charge in [0.2, 0.25) is 0 Å². The van der Waals surface area contributed by atoms with Gasteiger partial charge in [-0.05, 0) is 26.7 Å². The van der Waals surface area contributed by atoms with Crippen LogP contribution in [0.5, 0.6) is 0 Å². The Hall–Kier alpha value is -1.36. The standard InChI is InChI=1S/C10H17N3O2/c1-8-12-5-7-13(8)6-3-4-10(2,11)9(14)15/h5,7H,3-4,6,11H2,1-2H3,(H,14,15). The van der Waals surface area contributed by atoms with E-state index in [9.17, 15) is 4.79 Å². The van der Waals surface area contributed by atoms with Gasteiger partial charge in [0, 0.05) is 18.9 Å². The van der Waals surface area contributed by atoms with E-state index in [4.69, 9.17) is 10.8 Å². The summed E-state index contributed by atoms with van der Waals surface area (Å²) >= 11 is 0. The molecule has 0 amide bonds. The molecule has 1 rings (SSSR count). The van der Waals surface area contributed by atoms with Gasteiger partial charge in [-0.25, -0.2) is 4.98 Å². The molecule has 1 unspecified atom stereocenters. The lowest BCUT2D eigenvalue weighted by Crippen LogP contribution is -2.44. The van der Waals surface area contributed by atoms with Crippen LogP contribution in [0, 0.1) is 6.92 Å². The van der Waals surface area contributed by atoms with Crippen molar-refractivity contribution in [2.75, 3.05) is 0 Å². The number of aryl methyl sites for hydroxylation is 2. The second-order valence-corrected chi connectivity index (χ2v) is 3.99. The fourth-order valence-electron chi connectivity index (χ4n) is 1.36. The van der Waals surface area contributed by atoms with Gasteiger partial charge in [-0.1, -0.05) is 0 Å². The first kappa shape index (κ1) is 11.7. The quantitative estimate of drug-likeness (QED) is 0.754.